The lowest BCUT2D eigenvalue weighted by Gasteiger charge is -2.15. The predicted molar refractivity (Wildman–Crippen MR) is 113 cm³/mol. The first kappa shape index (κ1) is 19.7. The Balaban J connectivity index is 1.25. The van der Waals surface area contributed by atoms with Gasteiger partial charge in [0.05, 0.1) is 17.7 Å². The lowest BCUT2D eigenvalue weighted by Crippen LogP contribution is -2.33. The van der Waals surface area contributed by atoms with Crippen LogP contribution in [0.1, 0.15) is 17.0 Å². The Morgan fingerprint density at radius 3 is 2.65 bits per heavy atom. The zero-order valence-electron chi connectivity index (χ0n) is 16.9. The molecule has 3 heterocycles. The lowest BCUT2D eigenvalue weighted by atomic mass is 9.99. The first-order valence-corrected chi connectivity index (χ1v) is 10.2. The lowest BCUT2D eigenvalue weighted by molar-refractivity contribution is 0.140. The number of nitrogens with one attached hydrogen (secondary N) is 1. The molecule has 0 spiro atoms. The summed E-state index contributed by atoms with van der Waals surface area (Å²) < 4.78 is 35.4. The standard InChI is InChI=1S/C23H21F2N3O3/c1-13-2-5-16(8-19(13)25)27-12-17(31-23(27)30)10-26-9-15-11-28-20(29)7-4-14-3-6-18(24)21(15)22(14)28/h2-8,15,17,26H,9-12H2,1H3/t15-,17+/m0/s1. The highest BCUT2D eigenvalue weighted by molar-refractivity contribution is 5.89. The van der Waals surface area contributed by atoms with Crippen molar-refractivity contribution in [3.05, 3.63) is 75.6 Å². The maximum absolute atomic E-state index is 14.6. The number of nitrogens with zero attached hydrogens (tertiary/aromatic N) is 2. The van der Waals surface area contributed by atoms with Crippen LogP contribution in [-0.4, -0.2) is 36.4 Å². The van der Waals surface area contributed by atoms with E-state index in [1.165, 1.54) is 23.1 Å². The first-order chi connectivity index (χ1) is 14.9. The van der Waals surface area contributed by atoms with Gasteiger partial charge in [-0.05, 0) is 48.2 Å². The number of hydrogen-bond acceptors (Lipinski definition) is 4. The molecular formula is C23H21F2N3O3. The molecule has 3 aromatic rings. The van der Waals surface area contributed by atoms with E-state index >= 15 is 0 Å². The Hall–Kier alpha value is -3.26. The summed E-state index contributed by atoms with van der Waals surface area (Å²) in [5.74, 6) is -0.895. The topological polar surface area (TPSA) is 63.6 Å². The van der Waals surface area contributed by atoms with Gasteiger partial charge in [-0.1, -0.05) is 6.07 Å². The molecule has 2 aliphatic heterocycles. The Morgan fingerprint density at radius 1 is 1.03 bits per heavy atom. The normalized spacial score (nSPS) is 20.0. The van der Waals surface area contributed by atoms with E-state index in [1.807, 2.05) is 0 Å². The van der Waals surface area contributed by atoms with Crippen LogP contribution < -0.4 is 15.8 Å². The SMILES string of the molecule is Cc1ccc(N2C[C@@H](CNC[C@H]3Cn4c(=O)ccc5ccc(F)c3c54)OC2=O)cc1F. The van der Waals surface area contributed by atoms with Gasteiger partial charge in [-0.3, -0.25) is 9.69 Å². The largest absolute Gasteiger partial charge is 0.443 e. The van der Waals surface area contributed by atoms with Gasteiger partial charge >= 0.3 is 6.09 Å². The van der Waals surface area contributed by atoms with E-state index in [-0.39, 0.29) is 23.1 Å². The van der Waals surface area contributed by atoms with E-state index in [1.54, 1.807) is 35.8 Å². The minimum Gasteiger partial charge on any atom is -0.443 e. The Kier molecular flexibility index (Phi) is 4.74. The fourth-order valence-electron chi connectivity index (χ4n) is 4.45. The van der Waals surface area contributed by atoms with Crippen LogP contribution in [0.3, 0.4) is 0 Å². The molecule has 8 heteroatoms. The number of hydrogen-bond donors (Lipinski definition) is 1. The first-order valence-electron chi connectivity index (χ1n) is 10.2. The van der Waals surface area contributed by atoms with E-state index < -0.39 is 12.2 Å². The minimum atomic E-state index is -0.523. The van der Waals surface area contributed by atoms with Crippen LogP contribution in [0.2, 0.25) is 0 Å². The van der Waals surface area contributed by atoms with Gasteiger partial charge in [0, 0.05) is 37.2 Å². The number of cyclic esters (lactones) is 1. The third kappa shape index (κ3) is 3.37. The van der Waals surface area contributed by atoms with Crippen LogP contribution in [0.4, 0.5) is 19.3 Å². The second kappa shape index (κ2) is 7.46. The van der Waals surface area contributed by atoms with Crippen molar-refractivity contribution in [3.63, 3.8) is 0 Å². The fourth-order valence-corrected chi connectivity index (χ4v) is 4.45. The molecular weight excluding hydrogens is 404 g/mol. The molecule has 0 radical (unpaired) electrons. The summed E-state index contributed by atoms with van der Waals surface area (Å²) in [5.41, 5.74) is 2.01. The van der Waals surface area contributed by atoms with E-state index in [9.17, 15) is 18.4 Å². The smallest absolute Gasteiger partial charge is 0.414 e. The zero-order chi connectivity index (χ0) is 21.7. The Bertz CT molecular complexity index is 1260. The quantitative estimate of drug-likeness (QED) is 0.682. The van der Waals surface area contributed by atoms with Gasteiger partial charge in [0.2, 0.25) is 0 Å². The van der Waals surface area contributed by atoms with Crippen LogP contribution in [0.5, 0.6) is 0 Å². The molecule has 2 aliphatic rings. The molecule has 5 rings (SSSR count). The number of amides is 1. The number of anilines is 1. The van der Waals surface area contributed by atoms with E-state index in [2.05, 4.69) is 5.32 Å². The van der Waals surface area contributed by atoms with Crippen LogP contribution in [0.25, 0.3) is 10.9 Å². The highest BCUT2D eigenvalue weighted by Crippen LogP contribution is 2.34. The highest BCUT2D eigenvalue weighted by atomic mass is 19.1. The van der Waals surface area contributed by atoms with Gasteiger partial charge in [0.15, 0.2) is 0 Å². The van der Waals surface area contributed by atoms with Gasteiger partial charge < -0.3 is 14.6 Å². The van der Waals surface area contributed by atoms with Gasteiger partial charge in [-0.15, -0.1) is 0 Å². The molecule has 0 aliphatic carbocycles. The average molecular weight is 425 g/mol. The molecule has 1 amide bonds. The second-order valence-electron chi connectivity index (χ2n) is 8.09. The molecule has 0 bridgehead atoms. The van der Waals surface area contributed by atoms with Crippen molar-refractivity contribution in [1.29, 1.82) is 0 Å². The molecule has 31 heavy (non-hydrogen) atoms. The summed E-state index contributed by atoms with van der Waals surface area (Å²) in [6, 6.07) is 11.0. The summed E-state index contributed by atoms with van der Waals surface area (Å²) in [6.07, 6.45) is -0.935. The summed E-state index contributed by atoms with van der Waals surface area (Å²) in [5, 5.41) is 4.08. The average Bonchev–Trinajstić information content (AvgIpc) is 3.31. The van der Waals surface area contributed by atoms with Crippen molar-refractivity contribution in [2.24, 2.45) is 0 Å². The van der Waals surface area contributed by atoms with Gasteiger partial charge in [-0.25, -0.2) is 13.6 Å². The Labute approximate surface area is 177 Å². The van der Waals surface area contributed by atoms with Crippen LogP contribution in [0.15, 0.2) is 47.3 Å². The number of aryl methyl sites for hydroxylation is 1. The number of pyridine rings is 1. The molecule has 6 nitrogen and oxygen atoms in total. The molecule has 2 aromatic carbocycles. The van der Waals surface area contributed by atoms with Crippen molar-refractivity contribution < 1.29 is 18.3 Å². The van der Waals surface area contributed by atoms with Crippen LogP contribution in [-0.2, 0) is 11.3 Å². The molecule has 0 saturated carbocycles. The maximum atomic E-state index is 14.6. The number of halogens is 2. The van der Waals surface area contributed by atoms with E-state index in [0.29, 0.717) is 48.5 Å². The molecule has 1 saturated heterocycles. The number of rotatable bonds is 5. The van der Waals surface area contributed by atoms with Crippen molar-refractivity contribution in [2.75, 3.05) is 24.5 Å². The van der Waals surface area contributed by atoms with Crippen LogP contribution >= 0.6 is 0 Å². The maximum Gasteiger partial charge on any atom is 0.414 e. The van der Waals surface area contributed by atoms with Gasteiger partial charge in [0.25, 0.3) is 5.56 Å². The van der Waals surface area contributed by atoms with Crippen molar-refractivity contribution in [3.8, 4) is 0 Å². The van der Waals surface area contributed by atoms with Crippen LogP contribution in [0, 0.1) is 18.6 Å². The Morgan fingerprint density at radius 2 is 1.84 bits per heavy atom. The number of carbonyl (C=O) groups is 1. The number of carbonyl (C=O) groups excluding carboxylic acids is 1. The number of benzene rings is 2. The van der Waals surface area contributed by atoms with E-state index in [4.69, 9.17) is 4.74 Å². The third-order valence-corrected chi connectivity index (χ3v) is 6.05. The summed E-state index contributed by atoms with van der Waals surface area (Å²) in [6.45, 7) is 3.16. The highest BCUT2D eigenvalue weighted by Gasteiger charge is 2.33. The van der Waals surface area contributed by atoms with Crippen molar-refractivity contribution >= 4 is 22.7 Å². The molecule has 160 valence electrons. The zero-order valence-corrected chi connectivity index (χ0v) is 16.9. The number of ether oxygens (including phenoxy) is 1. The second-order valence-corrected chi connectivity index (χ2v) is 8.09. The molecule has 1 aromatic heterocycles. The summed E-state index contributed by atoms with van der Waals surface area (Å²) in [4.78, 5) is 25.8. The van der Waals surface area contributed by atoms with Crippen molar-refractivity contribution in [1.82, 2.24) is 9.88 Å². The predicted octanol–water partition coefficient (Wildman–Crippen LogP) is 3.30. The van der Waals surface area contributed by atoms with Gasteiger partial charge in [0.1, 0.15) is 17.7 Å². The van der Waals surface area contributed by atoms with Gasteiger partial charge in [-0.2, -0.15) is 0 Å². The fraction of sp³-hybridized carbons (Fsp3) is 0.304. The summed E-state index contributed by atoms with van der Waals surface area (Å²) >= 11 is 0. The van der Waals surface area contributed by atoms with E-state index in [0.717, 1.165) is 5.39 Å². The molecule has 2 atom stereocenters. The third-order valence-electron chi connectivity index (χ3n) is 6.05. The summed E-state index contributed by atoms with van der Waals surface area (Å²) in [7, 11) is 0. The van der Waals surface area contributed by atoms with Crippen molar-refractivity contribution in [2.45, 2.75) is 25.5 Å². The minimum absolute atomic E-state index is 0.146. The molecule has 1 N–H and O–H groups in total. The molecule has 0 unspecified atom stereocenters. The molecule has 1 fully saturated rings. The number of aromatic nitrogens is 1. The monoisotopic (exact) mass is 425 g/mol.